The molecular weight excluding hydrogens is 226 g/mol. The summed E-state index contributed by atoms with van der Waals surface area (Å²) in [4.78, 5) is 8.43. The lowest BCUT2D eigenvalue weighted by Gasteiger charge is -2.18. The Morgan fingerprint density at radius 1 is 1.44 bits per heavy atom. The Kier molecular flexibility index (Phi) is 4.50. The summed E-state index contributed by atoms with van der Waals surface area (Å²) in [5, 5.41) is 13.0. The smallest absolute Gasteiger partial charge is 0.134 e. The van der Waals surface area contributed by atoms with Crippen molar-refractivity contribution in [3.63, 3.8) is 0 Å². The highest BCUT2D eigenvalue weighted by Gasteiger charge is 2.12. The number of anilines is 1. The number of hydrogen-bond acceptors (Lipinski definition) is 4. The average Bonchev–Trinajstić information content (AvgIpc) is 2.13. The molecule has 4 nitrogen and oxygen atoms in total. The molecule has 0 saturated heterocycles. The second-order valence-electron chi connectivity index (χ2n) is 4.41. The minimum absolute atomic E-state index is 0.423. The summed E-state index contributed by atoms with van der Waals surface area (Å²) in [7, 11) is 0. The molecule has 0 fully saturated rings. The van der Waals surface area contributed by atoms with Gasteiger partial charge in [0, 0.05) is 19.0 Å². The van der Waals surface area contributed by atoms with E-state index in [0.717, 1.165) is 18.7 Å². The molecular formula is C11H18ClN3O. The predicted molar refractivity (Wildman–Crippen MR) is 65.8 cm³/mol. The molecule has 1 aromatic rings. The number of nitrogens with one attached hydrogen (secondary N) is 1. The van der Waals surface area contributed by atoms with Crippen molar-refractivity contribution >= 4 is 17.4 Å². The zero-order valence-electron chi connectivity index (χ0n) is 9.92. The van der Waals surface area contributed by atoms with E-state index >= 15 is 0 Å². The van der Waals surface area contributed by atoms with E-state index in [0.29, 0.717) is 17.5 Å². The third-order valence-electron chi connectivity index (χ3n) is 1.92. The number of aryl methyl sites for hydroxylation is 1. The Morgan fingerprint density at radius 3 is 2.69 bits per heavy atom. The van der Waals surface area contributed by atoms with Crippen molar-refractivity contribution < 1.29 is 5.11 Å². The molecule has 16 heavy (non-hydrogen) atoms. The SMILES string of the molecule is CCCc1nc(Cl)cc(NCC(C)(C)O)n1. The lowest BCUT2D eigenvalue weighted by molar-refractivity contribution is 0.0944. The van der Waals surface area contributed by atoms with Gasteiger partial charge in [-0.2, -0.15) is 0 Å². The molecule has 0 aliphatic carbocycles. The average molecular weight is 244 g/mol. The molecule has 0 radical (unpaired) electrons. The zero-order valence-corrected chi connectivity index (χ0v) is 10.7. The Hall–Kier alpha value is -0.870. The highest BCUT2D eigenvalue weighted by molar-refractivity contribution is 6.29. The maximum atomic E-state index is 9.58. The van der Waals surface area contributed by atoms with Crippen LogP contribution in [-0.2, 0) is 6.42 Å². The number of hydrogen-bond donors (Lipinski definition) is 2. The van der Waals surface area contributed by atoms with Crippen LogP contribution < -0.4 is 5.32 Å². The quantitative estimate of drug-likeness (QED) is 0.779. The normalized spacial score (nSPS) is 11.6. The first-order valence-electron chi connectivity index (χ1n) is 5.40. The second kappa shape index (κ2) is 5.46. The van der Waals surface area contributed by atoms with Gasteiger partial charge in [-0.25, -0.2) is 9.97 Å². The highest BCUT2D eigenvalue weighted by atomic mass is 35.5. The number of halogens is 1. The molecule has 0 unspecified atom stereocenters. The van der Waals surface area contributed by atoms with Crippen LogP contribution in [0.5, 0.6) is 0 Å². The molecule has 1 rings (SSSR count). The molecule has 2 N–H and O–H groups in total. The first kappa shape index (κ1) is 13.2. The van der Waals surface area contributed by atoms with Crippen molar-refractivity contribution in [2.45, 2.75) is 39.2 Å². The van der Waals surface area contributed by atoms with E-state index in [1.165, 1.54) is 0 Å². The Morgan fingerprint density at radius 2 is 2.12 bits per heavy atom. The van der Waals surface area contributed by atoms with Crippen LogP contribution in [-0.4, -0.2) is 27.2 Å². The molecule has 0 aliphatic rings. The molecule has 1 heterocycles. The Balaban J connectivity index is 2.72. The Labute approximate surface area is 101 Å². The van der Waals surface area contributed by atoms with Crippen molar-refractivity contribution in [3.05, 3.63) is 17.0 Å². The minimum atomic E-state index is -0.775. The van der Waals surface area contributed by atoms with Gasteiger partial charge in [-0.3, -0.25) is 0 Å². The van der Waals surface area contributed by atoms with E-state index in [1.807, 2.05) is 0 Å². The Bertz CT molecular complexity index is 350. The van der Waals surface area contributed by atoms with Crippen LogP contribution in [0.3, 0.4) is 0 Å². The standard InChI is InChI=1S/C11H18ClN3O/c1-4-5-9-14-8(12)6-10(15-9)13-7-11(2,3)16/h6,16H,4-5,7H2,1-3H3,(H,13,14,15). The van der Waals surface area contributed by atoms with Gasteiger partial charge in [-0.05, 0) is 20.3 Å². The van der Waals surface area contributed by atoms with Gasteiger partial charge in [-0.1, -0.05) is 18.5 Å². The molecule has 1 aromatic heterocycles. The summed E-state index contributed by atoms with van der Waals surface area (Å²) in [6, 6.07) is 1.66. The summed E-state index contributed by atoms with van der Waals surface area (Å²) < 4.78 is 0. The predicted octanol–water partition coefficient (Wildman–Crippen LogP) is 2.27. The summed E-state index contributed by atoms with van der Waals surface area (Å²) in [6.07, 6.45) is 1.78. The van der Waals surface area contributed by atoms with Gasteiger partial charge in [0.2, 0.25) is 0 Å². The molecule has 0 saturated carbocycles. The zero-order chi connectivity index (χ0) is 12.2. The lowest BCUT2D eigenvalue weighted by atomic mass is 10.1. The van der Waals surface area contributed by atoms with Crippen LogP contribution in [0.15, 0.2) is 6.07 Å². The van der Waals surface area contributed by atoms with Gasteiger partial charge in [0.05, 0.1) is 5.60 Å². The third kappa shape index (κ3) is 4.77. The van der Waals surface area contributed by atoms with Gasteiger partial charge in [-0.15, -0.1) is 0 Å². The molecule has 0 bridgehead atoms. The first-order chi connectivity index (χ1) is 7.40. The number of nitrogens with zero attached hydrogens (tertiary/aromatic N) is 2. The first-order valence-corrected chi connectivity index (χ1v) is 5.78. The van der Waals surface area contributed by atoms with E-state index < -0.39 is 5.60 Å². The van der Waals surface area contributed by atoms with Crippen LogP contribution in [0.2, 0.25) is 5.15 Å². The molecule has 0 aromatic carbocycles. The molecule has 0 atom stereocenters. The summed E-state index contributed by atoms with van der Waals surface area (Å²) >= 11 is 5.88. The summed E-state index contributed by atoms with van der Waals surface area (Å²) in [5.74, 6) is 1.39. The van der Waals surface area contributed by atoms with E-state index in [9.17, 15) is 5.11 Å². The molecule has 0 amide bonds. The maximum absolute atomic E-state index is 9.58. The maximum Gasteiger partial charge on any atom is 0.134 e. The monoisotopic (exact) mass is 243 g/mol. The molecule has 90 valence electrons. The van der Waals surface area contributed by atoms with Crippen molar-refractivity contribution in [2.24, 2.45) is 0 Å². The van der Waals surface area contributed by atoms with Crippen LogP contribution in [0, 0.1) is 0 Å². The fraction of sp³-hybridized carbons (Fsp3) is 0.636. The van der Waals surface area contributed by atoms with Crippen LogP contribution in [0.25, 0.3) is 0 Å². The van der Waals surface area contributed by atoms with E-state index in [-0.39, 0.29) is 0 Å². The molecule has 5 heteroatoms. The summed E-state index contributed by atoms with van der Waals surface area (Å²) in [5.41, 5.74) is -0.775. The summed E-state index contributed by atoms with van der Waals surface area (Å²) in [6.45, 7) is 5.95. The topological polar surface area (TPSA) is 58.0 Å². The van der Waals surface area contributed by atoms with Gasteiger partial charge in [0.1, 0.15) is 16.8 Å². The molecule has 0 spiro atoms. The van der Waals surface area contributed by atoms with Crippen LogP contribution in [0.1, 0.15) is 33.0 Å². The van der Waals surface area contributed by atoms with Crippen LogP contribution >= 0.6 is 11.6 Å². The van der Waals surface area contributed by atoms with E-state index in [2.05, 4.69) is 22.2 Å². The van der Waals surface area contributed by atoms with Gasteiger partial charge in [0.25, 0.3) is 0 Å². The second-order valence-corrected chi connectivity index (χ2v) is 4.80. The lowest BCUT2D eigenvalue weighted by Crippen LogP contribution is -2.29. The molecule has 0 aliphatic heterocycles. The van der Waals surface area contributed by atoms with E-state index in [1.54, 1.807) is 19.9 Å². The van der Waals surface area contributed by atoms with Crippen molar-refractivity contribution in [1.29, 1.82) is 0 Å². The number of aliphatic hydroxyl groups is 1. The van der Waals surface area contributed by atoms with Crippen molar-refractivity contribution in [1.82, 2.24) is 9.97 Å². The number of aromatic nitrogens is 2. The van der Waals surface area contributed by atoms with Gasteiger partial charge >= 0.3 is 0 Å². The van der Waals surface area contributed by atoms with Gasteiger partial charge < -0.3 is 10.4 Å². The highest BCUT2D eigenvalue weighted by Crippen LogP contribution is 2.13. The third-order valence-corrected chi connectivity index (χ3v) is 2.11. The fourth-order valence-corrected chi connectivity index (χ4v) is 1.40. The minimum Gasteiger partial charge on any atom is -0.389 e. The van der Waals surface area contributed by atoms with Gasteiger partial charge in [0.15, 0.2) is 0 Å². The number of rotatable bonds is 5. The fourth-order valence-electron chi connectivity index (χ4n) is 1.20. The van der Waals surface area contributed by atoms with Crippen molar-refractivity contribution in [3.8, 4) is 0 Å². The largest absolute Gasteiger partial charge is 0.389 e. The van der Waals surface area contributed by atoms with Crippen LogP contribution in [0.4, 0.5) is 5.82 Å². The van der Waals surface area contributed by atoms with E-state index in [4.69, 9.17) is 11.6 Å². The van der Waals surface area contributed by atoms with Crippen molar-refractivity contribution in [2.75, 3.05) is 11.9 Å².